The third kappa shape index (κ3) is 3.60. The number of benzene rings is 1. The van der Waals surface area contributed by atoms with Crippen LogP contribution in [0, 0.1) is 0 Å². The number of hydrogen-bond donors (Lipinski definition) is 1. The maximum Gasteiger partial charge on any atom is 0.336 e. The van der Waals surface area contributed by atoms with Gasteiger partial charge >= 0.3 is 5.63 Å². The van der Waals surface area contributed by atoms with Crippen molar-refractivity contribution < 1.29 is 13.9 Å². The Morgan fingerprint density at radius 3 is 2.92 bits per heavy atom. The molecule has 0 radical (unpaired) electrons. The van der Waals surface area contributed by atoms with Crippen molar-refractivity contribution in [2.75, 3.05) is 7.11 Å². The quantitative estimate of drug-likeness (QED) is 0.727. The average molecular weight is 324 g/mol. The minimum Gasteiger partial charge on any atom is -0.497 e. The largest absolute Gasteiger partial charge is 0.497 e. The van der Waals surface area contributed by atoms with E-state index in [-0.39, 0.29) is 12.3 Å². The third-order valence-corrected chi connectivity index (χ3v) is 3.60. The molecule has 0 fully saturated rings. The molecule has 0 spiro atoms. The molecule has 122 valence electrons. The molecule has 24 heavy (non-hydrogen) atoms. The summed E-state index contributed by atoms with van der Waals surface area (Å²) in [7, 11) is 1.54. The zero-order chi connectivity index (χ0) is 16.9. The molecule has 3 rings (SSSR count). The van der Waals surface area contributed by atoms with Crippen LogP contribution in [0.25, 0.3) is 11.0 Å². The number of rotatable bonds is 5. The van der Waals surface area contributed by atoms with Crippen molar-refractivity contribution in [2.24, 2.45) is 0 Å². The van der Waals surface area contributed by atoms with E-state index in [4.69, 9.17) is 9.15 Å². The third-order valence-electron chi connectivity index (χ3n) is 3.60. The van der Waals surface area contributed by atoms with Gasteiger partial charge in [-0.3, -0.25) is 9.78 Å². The number of methoxy groups -OCH3 is 1. The highest BCUT2D eigenvalue weighted by Gasteiger charge is 2.11. The van der Waals surface area contributed by atoms with Crippen LogP contribution in [0.15, 0.2) is 58.0 Å². The summed E-state index contributed by atoms with van der Waals surface area (Å²) in [6.45, 7) is 0.389. The van der Waals surface area contributed by atoms with Gasteiger partial charge in [0.25, 0.3) is 0 Å². The van der Waals surface area contributed by atoms with Crippen LogP contribution >= 0.6 is 0 Å². The number of aromatic nitrogens is 1. The van der Waals surface area contributed by atoms with Gasteiger partial charge in [-0.2, -0.15) is 0 Å². The molecule has 3 aromatic rings. The number of ether oxygens (including phenoxy) is 1. The lowest BCUT2D eigenvalue weighted by atomic mass is 10.1. The summed E-state index contributed by atoms with van der Waals surface area (Å²) in [5.41, 5.74) is 1.43. The van der Waals surface area contributed by atoms with Gasteiger partial charge in [-0.25, -0.2) is 4.79 Å². The monoisotopic (exact) mass is 324 g/mol. The molecule has 6 heteroatoms. The minimum atomic E-state index is -0.495. The molecule has 1 amide bonds. The van der Waals surface area contributed by atoms with Gasteiger partial charge in [0.05, 0.1) is 13.5 Å². The first kappa shape index (κ1) is 15.7. The predicted molar refractivity (Wildman–Crippen MR) is 88.8 cm³/mol. The fourth-order valence-electron chi connectivity index (χ4n) is 2.42. The van der Waals surface area contributed by atoms with E-state index in [1.165, 1.54) is 13.2 Å². The summed E-state index contributed by atoms with van der Waals surface area (Å²) in [6, 6.07) is 10.2. The maximum atomic E-state index is 12.2. The molecule has 0 saturated carbocycles. The standard InChI is InChI=1S/C18H16N2O4/c1-23-14-4-5-15-13(8-18(22)24-16(15)9-14)7-17(21)20-11-12-3-2-6-19-10-12/h2-6,8-10H,7,11H2,1H3,(H,20,21). The van der Waals surface area contributed by atoms with E-state index in [9.17, 15) is 9.59 Å². The Hall–Kier alpha value is -3.15. The lowest BCUT2D eigenvalue weighted by Gasteiger charge is -2.08. The summed E-state index contributed by atoms with van der Waals surface area (Å²) in [6.07, 6.45) is 3.46. The van der Waals surface area contributed by atoms with Gasteiger partial charge < -0.3 is 14.5 Å². The van der Waals surface area contributed by atoms with Gasteiger partial charge in [0, 0.05) is 36.5 Å². The lowest BCUT2D eigenvalue weighted by Crippen LogP contribution is -2.25. The smallest absolute Gasteiger partial charge is 0.336 e. The van der Waals surface area contributed by atoms with E-state index in [1.807, 2.05) is 12.1 Å². The number of pyridine rings is 1. The van der Waals surface area contributed by atoms with Crippen LogP contribution in [0.3, 0.4) is 0 Å². The molecule has 0 aliphatic heterocycles. The second kappa shape index (κ2) is 6.95. The van der Waals surface area contributed by atoms with E-state index < -0.39 is 5.63 Å². The Labute approximate surface area is 138 Å². The van der Waals surface area contributed by atoms with Gasteiger partial charge in [0.1, 0.15) is 11.3 Å². The first-order valence-corrected chi connectivity index (χ1v) is 7.42. The fourth-order valence-corrected chi connectivity index (χ4v) is 2.42. The second-order valence-electron chi connectivity index (χ2n) is 5.27. The molecule has 0 bridgehead atoms. The normalized spacial score (nSPS) is 10.5. The van der Waals surface area contributed by atoms with E-state index in [1.54, 1.807) is 30.6 Å². The van der Waals surface area contributed by atoms with Crippen LogP contribution < -0.4 is 15.7 Å². The molecular formula is C18H16N2O4. The molecule has 2 aromatic heterocycles. The van der Waals surface area contributed by atoms with Crippen molar-refractivity contribution in [2.45, 2.75) is 13.0 Å². The van der Waals surface area contributed by atoms with Crippen LogP contribution in [0.2, 0.25) is 0 Å². The van der Waals surface area contributed by atoms with Crippen LogP contribution in [0.4, 0.5) is 0 Å². The maximum absolute atomic E-state index is 12.2. The number of carbonyl (C=O) groups is 1. The highest BCUT2D eigenvalue weighted by molar-refractivity contribution is 5.87. The van der Waals surface area contributed by atoms with E-state index >= 15 is 0 Å². The van der Waals surface area contributed by atoms with Gasteiger partial charge in [-0.05, 0) is 29.3 Å². The van der Waals surface area contributed by atoms with Crippen molar-refractivity contribution in [3.8, 4) is 5.75 Å². The number of nitrogens with one attached hydrogen (secondary N) is 1. The van der Waals surface area contributed by atoms with E-state index in [0.717, 1.165) is 5.56 Å². The Bertz CT molecular complexity index is 919. The Morgan fingerprint density at radius 2 is 2.17 bits per heavy atom. The number of fused-ring (bicyclic) bond motifs is 1. The zero-order valence-electron chi connectivity index (χ0n) is 13.1. The SMILES string of the molecule is COc1ccc2c(CC(=O)NCc3cccnc3)cc(=O)oc2c1. The molecule has 0 atom stereocenters. The van der Waals surface area contributed by atoms with E-state index in [0.29, 0.717) is 28.8 Å². The van der Waals surface area contributed by atoms with Gasteiger partial charge in [-0.15, -0.1) is 0 Å². The van der Waals surface area contributed by atoms with E-state index in [2.05, 4.69) is 10.3 Å². The Morgan fingerprint density at radius 1 is 1.29 bits per heavy atom. The van der Waals surface area contributed by atoms with Gasteiger partial charge in [0.2, 0.25) is 5.91 Å². The number of amides is 1. The van der Waals surface area contributed by atoms with Crippen LogP contribution in [-0.4, -0.2) is 18.0 Å². The molecule has 0 aliphatic carbocycles. The highest BCUT2D eigenvalue weighted by Crippen LogP contribution is 2.22. The summed E-state index contributed by atoms with van der Waals surface area (Å²) in [5.74, 6) is 0.408. The summed E-state index contributed by atoms with van der Waals surface area (Å²) in [5, 5.41) is 3.53. The summed E-state index contributed by atoms with van der Waals surface area (Å²) >= 11 is 0. The molecule has 1 aromatic carbocycles. The fraction of sp³-hybridized carbons (Fsp3) is 0.167. The molecular weight excluding hydrogens is 308 g/mol. The lowest BCUT2D eigenvalue weighted by molar-refractivity contribution is -0.120. The van der Waals surface area contributed by atoms with Crippen molar-refractivity contribution in [1.82, 2.24) is 10.3 Å². The first-order valence-electron chi connectivity index (χ1n) is 7.42. The minimum absolute atomic E-state index is 0.0920. The summed E-state index contributed by atoms with van der Waals surface area (Å²) in [4.78, 5) is 27.9. The Kier molecular flexibility index (Phi) is 4.56. The number of carbonyl (C=O) groups excluding carboxylic acids is 1. The molecule has 0 aliphatic rings. The molecule has 0 saturated heterocycles. The molecule has 2 heterocycles. The van der Waals surface area contributed by atoms with Crippen molar-refractivity contribution in [3.05, 3.63) is 70.3 Å². The van der Waals surface area contributed by atoms with Crippen molar-refractivity contribution in [1.29, 1.82) is 0 Å². The van der Waals surface area contributed by atoms with Gasteiger partial charge in [-0.1, -0.05) is 6.07 Å². The van der Waals surface area contributed by atoms with Crippen molar-refractivity contribution in [3.63, 3.8) is 0 Å². The van der Waals surface area contributed by atoms with Crippen LogP contribution in [0.5, 0.6) is 5.75 Å². The zero-order valence-corrected chi connectivity index (χ0v) is 13.1. The Balaban J connectivity index is 1.79. The predicted octanol–water partition coefficient (Wildman–Crippen LogP) is 2.06. The molecule has 6 nitrogen and oxygen atoms in total. The highest BCUT2D eigenvalue weighted by atomic mass is 16.5. The molecule has 0 unspecified atom stereocenters. The van der Waals surface area contributed by atoms with Gasteiger partial charge in [0.15, 0.2) is 0 Å². The first-order chi connectivity index (χ1) is 11.7. The topological polar surface area (TPSA) is 81.4 Å². The number of hydrogen-bond acceptors (Lipinski definition) is 5. The van der Waals surface area contributed by atoms with Crippen LogP contribution in [0.1, 0.15) is 11.1 Å². The van der Waals surface area contributed by atoms with Crippen LogP contribution in [-0.2, 0) is 17.8 Å². The van der Waals surface area contributed by atoms with Crippen molar-refractivity contribution >= 4 is 16.9 Å². The average Bonchev–Trinajstić information content (AvgIpc) is 2.60. The summed E-state index contributed by atoms with van der Waals surface area (Å²) < 4.78 is 10.3. The molecule has 1 N–H and O–H groups in total. The number of nitrogens with zero attached hydrogens (tertiary/aromatic N) is 1. The second-order valence-corrected chi connectivity index (χ2v) is 5.27.